The van der Waals surface area contributed by atoms with Gasteiger partial charge in [0.15, 0.2) is 6.29 Å². The molecule has 264 valence electrons. The second-order valence-corrected chi connectivity index (χ2v) is 14.9. The minimum atomic E-state index is -3.61. The molecule has 0 spiro atoms. The molecule has 0 bridgehead atoms. The number of anilines is 1. The van der Waals surface area contributed by atoms with Gasteiger partial charge in [-0.1, -0.05) is 91.9 Å². The van der Waals surface area contributed by atoms with Crippen molar-refractivity contribution < 1.29 is 23.0 Å². The van der Waals surface area contributed by atoms with Crippen LogP contribution in [0.3, 0.4) is 0 Å². The molecule has 0 radical (unpaired) electrons. The van der Waals surface area contributed by atoms with E-state index in [0.717, 1.165) is 72.1 Å². The van der Waals surface area contributed by atoms with Gasteiger partial charge in [0, 0.05) is 63.1 Å². The van der Waals surface area contributed by atoms with Crippen molar-refractivity contribution in [3.05, 3.63) is 144 Å². The highest BCUT2D eigenvalue weighted by atomic mass is 32.2. The van der Waals surface area contributed by atoms with Crippen LogP contribution in [-0.2, 0) is 32.6 Å². The number of nitrogens with zero attached hydrogens (tertiary/aromatic N) is 4. The summed E-state index contributed by atoms with van der Waals surface area (Å²) in [6.45, 7) is 6.60. The van der Waals surface area contributed by atoms with Gasteiger partial charge in [0.05, 0.1) is 23.7 Å². The minimum absolute atomic E-state index is 0.00568. The highest BCUT2D eigenvalue weighted by Crippen LogP contribution is 2.42. The van der Waals surface area contributed by atoms with Crippen LogP contribution in [0.5, 0.6) is 0 Å². The van der Waals surface area contributed by atoms with Crippen molar-refractivity contribution >= 4 is 16.0 Å². The van der Waals surface area contributed by atoms with Crippen molar-refractivity contribution in [2.24, 2.45) is 5.92 Å². The molecule has 4 atom stereocenters. The van der Waals surface area contributed by atoms with Crippen LogP contribution < -0.4 is 9.62 Å². The Morgan fingerprint density at radius 2 is 1.47 bits per heavy atom. The van der Waals surface area contributed by atoms with Crippen LogP contribution in [0.1, 0.15) is 41.6 Å². The van der Waals surface area contributed by atoms with E-state index < -0.39 is 16.3 Å². The van der Waals surface area contributed by atoms with Gasteiger partial charge in [0.25, 0.3) is 0 Å². The van der Waals surface area contributed by atoms with Crippen LogP contribution in [-0.4, -0.2) is 67.2 Å². The number of hydrogen-bond donors (Lipinski definition) is 2. The number of aliphatic hydroxyl groups is 1. The minimum Gasteiger partial charge on any atom is -0.392 e. The predicted octanol–water partition coefficient (Wildman–Crippen LogP) is 5.73. The number of benzene rings is 4. The van der Waals surface area contributed by atoms with Gasteiger partial charge < -0.3 is 19.5 Å². The first-order valence-corrected chi connectivity index (χ1v) is 18.8. The van der Waals surface area contributed by atoms with E-state index in [9.17, 15) is 13.5 Å². The molecule has 11 heteroatoms. The van der Waals surface area contributed by atoms with Crippen LogP contribution >= 0.6 is 0 Å². The SMILES string of the molecule is CC1C(CN2CCN(c3ncccn3)CC2)OC(c2ccc(-c3cccc(CNS(=O)(=O)c4ccccc4)c3)cc2)OC1c1ccc(CO)cc1. The largest absolute Gasteiger partial charge is 0.392 e. The van der Waals surface area contributed by atoms with Gasteiger partial charge in [-0.3, -0.25) is 4.90 Å². The van der Waals surface area contributed by atoms with E-state index in [-0.39, 0.29) is 36.2 Å². The molecule has 51 heavy (non-hydrogen) atoms. The van der Waals surface area contributed by atoms with Gasteiger partial charge in [-0.15, -0.1) is 0 Å². The monoisotopic (exact) mass is 705 g/mol. The molecule has 0 aliphatic carbocycles. The Labute approximate surface area is 299 Å². The summed E-state index contributed by atoms with van der Waals surface area (Å²) < 4.78 is 41.7. The zero-order valence-corrected chi connectivity index (χ0v) is 29.4. The summed E-state index contributed by atoms with van der Waals surface area (Å²) >= 11 is 0. The normalized spacial score (nSPS) is 21.4. The molecule has 4 aromatic carbocycles. The first-order chi connectivity index (χ1) is 24.9. The second-order valence-electron chi connectivity index (χ2n) is 13.1. The van der Waals surface area contributed by atoms with Gasteiger partial charge in [0.2, 0.25) is 16.0 Å². The topological polar surface area (TPSA) is 117 Å². The van der Waals surface area contributed by atoms with E-state index >= 15 is 0 Å². The molecule has 10 nitrogen and oxygen atoms in total. The molecule has 0 saturated carbocycles. The van der Waals surface area contributed by atoms with Crippen LogP contribution in [0.2, 0.25) is 0 Å². The average molecular weight is 706 g/mol. The third-order valence-electron chi connectivity index (χ3n) is 9.73. The van der Waals surface area contributed by atoms with E-state index in [0.29, 0.717) is 0 Å². The fourth-order valence-corrected chi connectivity index (χ4v) is 7.76. The summed E-state index contributed by atoms with van der Waals surface area (Å²) in [4.78, 5) is 13.8. The standard InChI is InChI=1S/C40H43N5O5S/c1-29-37(27-44-21-23-45(24-22-44)40-41-19-6-20-42-40)49-39(50-38(29)33-13-11-30(28-46)12-14-33)34-17-15-32(16-18-34)35-8-5-7-31(25-35)26-43-51(47,48)36-9-3-2-4-10-36/h2-20,25,29,37-39,43,46H,21-24,26-28H2,1H3. The summed E-state index contributed by atoms with van der Waals surface area (Å²) in [5, 5.41) is 9.62. The number of piperazine rings is 1. The van der Waals surface area contributed by atoms with Gasteiger partial charge in [-0.2, -0.15) is 0 Å². The lowest BCUT2D eigenvalue weighted by molar-refractivity contribution is -0.276. The number of rotatable bonds is 11. The summed E-state index contributed by atoms with van der Waals surface area (Å²) in [7, 11) is -3.61. The molecule has 0 amide bonds. The smallest absolute Gasteiger partial charge is 0.240 e. The van der Waals surface area contributed by atoms with E-state index in [2.05, 4.69) is 43.5 Å². The summed E-state index contributed by atoms with van der Waals surface area (Å²) in [5.74, 6) is 0.847. The van der Waals surface area contributed by atoms with Gasteiger partial charge in [0.1, 0.15) is 0 Å². The quantitative estimate of drug-likeness (QED) is 0.178. The van der Waals surface area contributed by atoms with Gasteiger partial charge >= 0.3 is 0 Å². The molecule has 2 saturated heterocycles. The zero-order valence-electron chi connectivity index (χ0n) is 28.6. The van der Waals surface area contributed by atoms with Crippen molar-refractivity contribution in [3.63, 3.8) is 0 Å². The van der Waals surface area contributed by atoms with E-state index in [1.807, 2.05) is 66.7 Å². The molecule has 1 aromatic heterocycles. The predicted molar refractivity (Wildman–Crippen MR) is 196 cm³/mol. The number of aliphatic hydroxyl groups excluding tert-OH is 1. The van der Waals surface area contributed by atoms with Crippen molar-refractivity contribution in [1.29, 1.82) is 0 Å². The third-order valence-corrected chi connectivity index (χ3v) is 11.1. The molecular formula is C40H43N5O5S. The molecule has 2 fully saturated rings. The Balaban J connectivity index is 1.06. The third kappa shape index (κ3) is 8.36. The average Bonchev–Trinajstić information content (AvgIpc) is 3.19. The maximum Gasteiger partial charge on any atom is 0.240 e. The Bertz CT molecular complexity index is 1970. The molecule has 7 rings (SSSR count). The van der Waals surface area contributed by atoms with Crippen molar-refractivity contribution in [1.82, 2.24) is 19.6 Å². The van der Waals surface area contributed by atoms with E-state index in [1.165, 1.54) is 0 Å². The molecule has 2 aliphatic heterocycles. The van der Waals surface area contributed by atoms with Crippen LogP contribution in [0.4, 0.5) is 5.95 Å². The number of ether oxygens (including phenoxy) is 2. The van der Waals surface area contributed by atoms with Crippen LogP contribution in [0.15, 0.2) is 126 Å². The maximum absolute atomic E-state index is 12.8. The highest BCUT2D eigenvalue weighted by molar-refractivity contribution is 7.89. The first-order valence-electron chi connectivity index (χ1n) is 17.4. The number of aromatic nitrogens is 2. The molecule has 5 aromatic rings. The zero-order chi connectivity index (χ0) is 35.2. The molecule has 3 heterocycles. The Hall–Kier alpha value is -4.49. The van der Waals surface area contributed by atoms with E-state index in [4.69, 9.17) is 9.47 Å². The number of hydrogen-bond acceptors (Lipinski definition) is 9. The number of nitrogens with one attached hydrogen (secondary N) is 1. The van der Waals surface area contributed by atoms with Gasteiger partial charge in [-0.25, -0.2) is 23.1 Å². The molecular weight excluding hydrogens is 663 g/mol. The Morgan fingerprint density at radius 3 is 2.18 bits per heavy atom. The molecule has 2 aliphatic rings. The lowest BCUT2D eigenvalue weighted by Gasteiger charge is -2.44. The van der Waals surface area contributed by atoms with Crippen molar-refractivity contribution in [2.45, 2.75) is 43.5 Å². The van der Waals surface area contributed by atoms with Gasteiger partial charge in [-0.05, 0) is 52.1 Å². The van der Waals surface area contributed by atoms with Crippen molar-refractivity contribution in [3.8, 4) is 11.1 Å². The fraction of sp³-hybridized carbons (Fsp3) is 0.300. The number of sulfonamides is 1. The lowest BCUT2D eigenvalue weighted by Crippen LogP contribution is -2.51. The van der Waals surface area contributed by atoms with E-state index in [1.54, 1.807) is 42.7 Å². The highest BCUT2D eigenvalue weighted by Gasteiger charge is 2.39. The summed E-state index contributed by atoms with van der Waals surface area (Å²) in [5.41, 5.74) is 5.69. The Kier molecular flexibility index (Phi) is 10.8. The summed E-state index contributed by atoms with van der Waals surface area (Å²) in [6, 6.07) is 34.3. The first kappa shape index (κ1) is 34.9. The van der Waals surface area contributed by atoms with Crippen molar-refractivity contribution in [2.75, 3.05) is 37.6 Å². The van der Waals surface area contributed by atoms with Crippen LogP contribution in [0, 0.1) is 5.92 Å². The maximum atomic E-state index is 12.8. The summed E-state index contributed by atoms with van der Waals surface area (Å²) in [6.07, 6.45) is 2.71. The molecule has 4 unspecified atom stereocenters. The second kappa shape index (κ2) is 15.8. The fourth-order valence-electron chi connectivity index (χ4n) is 6.72. The molecule has 2 N–H and O–H groups in total. The van der Waals surface area contributed by atoms with Crippen LogP contribution in [0.25, 0.3) is 11.1 Å². The lowest BCUT2D eigenvalue weighted by atomic mass is 9.89. The Morgan fingerprint density at radius 1 is 0.765 bits per heavy atom.